The quantitative estimate of drug-likeness (QED) is 0.738. The van der Waals surface area contributed by atoms with Crippen molar-refractivity contribution in [3.05, 3.63) is 44.3 Å². The molecule has 0 unspecified atom stereocenters. The van der Waals surface area contributed by atoms with Gasteiger partial charge in [0, 0.05) is 19.2 Å². The highest BCUT2D eigenvalue weighted by Crippen LogP contribution is 1.98. The van der Waals surface area contributed by atoms with Gasteiger partial charge in [-0.3, -0.25) is 14.3 Å². The summed E-state index contributed by atoms with van der Waals surface area (Å²) in [6.45, 7) is 1.78. The first-order valence-corrected chi connectivity index (χ1v) is 5.33. The van der Waals surface area contributed by atoms with Gasteiger partial charge in [0.25, 0.3) is 5.56 Å². The van der Waals surface area contributed by atoms with Crippen LogP contribution in [0.25, 0.3) is 0 Å². The normalized spacial score (nSPS) is 10.6. The largest absolute Gasteiger partial charge is 0.477 e. The Kier molecular flexibility index (Phi) is 3.27. The van der Waals surface area contributed by atoms with E-state index < -0.39 is 22.8 Å². The van der Waals surface area contributed by atoms with Gasteiger partial charge in [0.15, 0.2) is 5.82 Å². The number of aryl methyl sites for hydroxylation is 3. The Balaban J connectivity index is 2.25. The predicted molar refractivity (Wildman–Crippen MR) is 61.0 cm³/mol. The van der Waals surface area contributed by atoms with Gasteiger partial charge < -0.3 is 9.63 Å². The fourth-order valence-electron chi connectivity index (χ4n) is 1.49. The first-order valence-electron chi connectivity index (χ1n) is 5.33. The van der Waals surface area contributed by atoms with Gasteiger partial charge in [-0.2, -0.15) is 4.98 Å². The second-order valence-electron chi connectivity index (χ2n) is 3.79. The van der Waals surface area contributed by atoms with Crippen LogP contribution in [0.2, 0.25) is 0 Å². The van der Waals surface area contributed by atoms with Crippen molar-refractivity contribution >= 4 is 5.97 Å². The highest BCUT2D eigenvalue weighted by atomic mass is 16.5. The van der Waals surface area contributed by atoms with Crippen molar-refractivity contribution in [2.45, 2.75) is 19.9 Å². The molecule has 0 aliphatic rings. The minimum atomic E-state index is -1.40. The molecule has 0 saturated carbocycles. The van der Waals surface area contributed by atoms with Crippen LogP contribution in [0.3, 0.4) is 0 Å². The number of hydrogen-bond acceptors (Lipinski definition) is 6. The van der Waals surface area contributed by atoms with Gasteiger partial charge in [-0.15, -0.1) is 0 Å². The van der Waals surface area contributed by atoms with E-state index in [9.17, 15) is 14.4 Å². The molecule has 0 fully saturated rings. The summed E-state index contributed by atoms with van der Waals surface area (Å²) < 4.78 is 5.94. The molecule has 0 spiro atoms. The summed E-state index contributed by atoms with van der Waals surface area (Å²) in [5.41, 5.74) is -2.12. The van der Waals surface area contributed by atoms with Gasteiger partial charge >= 0.3 is 11.7 Å². The molecule has 2 heterocycles. The standard InChI is InChI=1S/C10H10N4O5/c1-5-11-7(19-13-5)2-3-14-4-6(9(16)17)8(15)12-10(14)18/h4H,2-3H2,1H3,(H,16,17)(H,12,15,18). The number of carboxylic acid groups (broad SMARTS) is 1. The Morgan fingerprint density at radius 3 is 2.84 bits per heavy atom. The summed E-state index contributed by atoms with van der Waals surface area (Å²) in [7, 11) is 0. The van der Waals surface area contributed by atoms with Crippen LogP contribution in [-0.4, -0.2) is 30.8 Å². The van der Waals surface area contributed by atoms with E-state index >= 15 is 0 Å². The molecule has 9 nitrogen and oxygen atoms in total. The maximum atomic E-state index is 11.5. The molecule has 0 radical (unpaired) electrons. The van der Waals surface area contributed by atoms with Gasteiger partial charge in [-0.05, 0) is 6.92 Å². The molecule has 0 aromatic carbocycles. The molecule has 2 aromatic rings. The van der Waals surface area contributed by atoms with Gasteiger partial charge in [-0.1, -0.05) is 5.16 Å². The molecule has 2 aromatic heterocycles. The van der Waals surface area contributed by atoms with Crippen molar-refractivity contribution in [1.82, 2.24) is 19.7 Å². The summed E-state index contributed by atoms with van der Waals surface area (Å²) in [6.07, 6.45) is 1.25. The third-order valence-electron chi connectivity index (χ3n) is 2.38. The number of nitrogens with one attached hydrogen (secondary N) is 1. The Hall–Kier alpha value is -2.71. The molecule has 19 heavy (non-hydrogen) atoms. The highest BCUT2D eigenvalue weighted by Gasteiger charge is 2.12. The van der Waals surface area contributed by atoms with Gasteiger partial charge in [0.05, 0.1) is 0 Å². The fourth-order valence-corrected chi connectivity index (χ4v) is 1.49. The molecule has 9 heteroatoms. The molecule has 0 aliphatic carbocycles. The van der Waals surface area contributed by atoms with Crippen LogP contribution in [0.15, 0.2) is 20.3 Å². The number of H-pyrrole nitrogens is 1. The van der Waals surface area contributed by atoms with E-state index in [1.165, 1.54) is 0 Å². The zero-order valence-corrected chi connectivity index (χ0v) is 9.91. The number of nitrogens with zero attached hydrogens (tertiary/aromatic N) is 3. The number of hydrogen-bond donors (Lipinski definition) is 2. The van der Waals surface area contributed by atoms with Gasteiger partial charge in [0.2, 0.25) is 5.89 Å². The van der Waals surface area contributed by atoms with Crippen LogP contribution in [0, 0.1) is 6.92 Å². The SMILES string of the molecule is Cc1noc(CCn2cc(C(=O)O)c(=O)[nH]c2=O)n1. The zero-order chi connectivity index (χ0) is 14.0. The molecule has 0 aliphatic heterocycles. The van der Waals surface area contributed by atoms with Crippen molar-refractivity contribution in [1.29, 1.82) is 0 Å². The summed E-state index contributed by atoms with van der Waals surface area (Å²) >= 11 is 0. The smallest absolute Gasteiger partial charge is 0.342 e. The third kappa shape index (κ3) is 2.76. The Morgan fingerprint density at radius 1 is 1.53 bits per heavy atom. The monoisotopic (exact) mass is 266 g/mol. The Bertz CT molecular complexity index is 726. The molecular weight excluding hydrogens is 256 g/mol. The highest BCUT2D eigenvalue weighted by molar-refractivity contribution is 5.86. The topological polar surface area (TPSA) is 131 Å². The average Bonchev–Trinajstić information content (AvgIpc) is 2.73. The van der Waals surface area contributed by atoms with Crippen LogP contribution < -0.4 is 11.2 Å². The van der Waals surface area contributed by atoms with Crippen LogP contribution in [0.1, 0.15) is 22.1 Å². The molecule has 0 bridgehead atoms. The number of rotatable bonds is 4. The lowest BCUT2D eigenvalue weighted by atomic mass is 10.3. The number of aromatic nitrogens is 4. The molecule has 0 atom stereocenters. The maximum absolute atomic E-state index is 11.5. The molecule has 0 amide bonds. The fraction of sp³-hybridized carbons (Fsp3) is 0.300. The van der Waals surface area contributed by atoms with Crippen molar-refractivity contribution in [2.75, 3.05) is 0 Å². The summed E-state index contributed by atoms with van der Waals surface area (Å²) in [5.74, 6) is -0.605. The lowest BCUT2D eigenvalue weighted by Crippen LogP contribution is -2.33. The molecule has 100 valence electrons. The number of aromatic amines is 1. The molecular formula is C10H10N4O5. The second kappa shape index (κ2) is 4.88. The van der Waals surface area contributed by atoms with Crippen molar-refractivity contribution in [3.63, 3.8) is 0 Å². The van der Waals surface area contributed by atoms with Gasteiger partial charge in [0.1, 0.15) is 5.56 Å². The van der Waals surface area contributed by atoms with Crippen molar-refractivity contribution < 1.29 is 14.4 Å². The first-order chi connectivity index (χ1) is 8.97. The Labute approximate surface area is 105 Å². The lowest BCUT2D eigenvalue weighted by molar-refractivity contribution is 0.0693. The van der Waals surface area contributed by atoms with Crippen LogP contribution in [-0.2, 0) is 13.0 Å². The van der Waals surface area contributed by atoms with E-state index in [4.69, 9.17) is 9.63 Å². The maximum Gasteiger partial charge on any atom is 0.342 e. The van der Waals surface area contributed by atoms with E-state index in [1.807, 2.05) is 4.98 Å². The predicted octanol–water partition coefficient (Wildman–Crippen LogP) is -0.831. The second-order valence-corrected chi connectivity index (χ2v) is 3.79. The van der Waals surface area contributed by atoms with Gasteiger partial charge in [-0.25, -0.2) is 9.59 Å². The molecule has 0 saturated heterocycles. The zero-order valence-electron chi connectivity index (χ0n) is 9.91. The Morgan fingerprint density at radius 2 is 2.26 bits per heavy atom. The van der Waals surface area contributed by atoms with E-state index in [0.717, 1.165) is 10.8 Å². The van der Waals surface area contributed by atoms with E-state index in [2.05, 4.69) is 10.1 Å². The van der Waals surface area contributed by atoms with Crippen LogP contribution in [0.5, 0.6) is 0 Å². The van der Waals surface area contributed by atoms with E-state index in [1.54, 1.807) is 6.92 Å². The van der Waals surface area contributed by atoms with E-state index in [0.29, 0.717) is 11.7 Å². The number of aromatic carboxylic acids is 1. The average molecular weight is 266 g/mol. The van der Waals surface area contributed by atoms with E-state index in [-0.39, 0.29) is 13.0 Å². The summed E-state index contributed by atoms with van der Waals surface area (Å²) in [5, 5.41) is 12.4. The third-order valence-corrected chi connectivity index (χ3v) is 2.38. The number of carbonyl (C=O) groups is 1. The van der Waals surface area contributed by atoms with Crippen LogP contribution in [0.4, 0.5) is 0 Å². The first kappa shape index (κ1) is 12.7. The molecule has 2 N–H and O–H groups in total. The summed E-state index contributed by atoms with van der Waals surface area (Å²) in [4.78, 5) is 39.4. The van der Waals surface area contributed by atoms with Crippen molar-refractivity contribution in [3.8, 4) is 0 Å². The minimum Gasteiger partial charge on any atom is -0.477 e. The van der Waals surface area contributed by atoms with Crippen molar-refractivity contribution in [2.24, 2.45) is 0 Å². The molecule has 2 rings (SSSR count). The van der Waals surface area contributed by atoms with Crippen LogP contribution >= 0.6 is 0 Å². The lowest BCUT2D eigenvalue weighted by Gasteiger charge is -2.03. The minimum absolute atomic E-state index is 0.123. The summed E-state index contributed by atoms with van der Waals surface area (Å²) in [6, 6.07) is 0. The number of carboxylic acids is 1.